The number of carboxylic acids is 1. The average Bonchev–Trinajstić information content (AvgIpc) is 3.04. The zero-order chi connectivity index (χ0) is 19.3. The van der Waals surface area contributed by atoms with Gasteiger partial charge in [0.15, 0.2) is 5.54 Å². The van der Waals surface area contributed by atoms with Crippen LogP contribution < -0.4 is 10.1 Å². The number of amides is 1. The Labute approximate surface area is 153 Å². The quantitative estimate of drug-likeness (QED) is 0.756. The van der Waals surface area contributed by atoms with E-state index in [1.165, 1.54) is 17.1 Å². The molecule has 2 aromatic rings. The van der Waals surface area contributed by atoms with Crippen molar-refractivity contribution in [2.45, 2.75) is 39.2 Å². The van der Waals surface area contributed by atoms with Crippen LogP contribution in [0.25, 0.3) is 0 Å². The Bertz CT molecular complexity index is 783. The predicted molar refractivity (Wildman–Crippen MR) is 98.3 cm³/mol. The second-order valence-corrected chi connectivity index (χ2v) is 6.91. The standard InChI is InChI=1S/C19H25N3O4/c1-13(9-14-7-5-6-8-16(14)26-4)10-17(23)21-15-11-20-22(12-15)19(2,3)18(24)25/h5-8,11-13H,9-10H2,1-4H3,(H,21,23)(H,24,25). The minimum Gasteiger partial charge on any atom is -0.496 e. The van der Waals surface area contributed by atoms with Crippen molar-refractivity contribution in [3.05, 3.63) is 42.2 Å². The number of ether oxygens (including phenoxy) is 1. The molecule has 0 spiro atoms. The first-order valence-electron chi connectivity index (χ1n) is 8.44. The van der Waals surface area contributed by atoms with Crippen molar-refractivity contribution in [3.63, 3.8) is 0 Å². The van der Waals surface area contributed by atoms with Gasteiger partial charge in [-0.3, -0.25) is 9.48 Å². The number of nitrogens with zero attached hydrogens (tertiary/aromatic N) is 2. The number of benzene rings is 1. The molecule has 0 bridgehead atoms. The molecule has 0 fully saturated rings. The van der Waals surface area contributed by atoms with Crippen molar-refractivity contribution in [3.8, 4) is 5.75 Å². The number of nitrogens with one attached hydrogen (secondary N) is 1. The molecule has 26 heavy (non-hydrogen) atoms. The third-order valence-corrected chi connectivity index (χ3v) is 4.26. The highest BCUT2D eigenvalue weighted by atomic mass is 16.5. The zero-order valence-electron chi connectivity index (χ0n) is 15.5. The normalized spacial score (nSPS) is 12.5. The lowest BCUT2D eigenvalue weighted by molar-refractivity contribution is -0.146. The first-order valence-corrected chi connectivity index (χ1v) is 8.44. The number of rotatable bonds is 8. The summed E-state index contributed by atoms with van der Waals surface area (Å²) in [6.07, 6.45) is 4.04. The average molecular weight is 359 g/mol. The number of carbonyl (C=O) groups is 2. The van der Waals surface area contributed by atoms with Gasteiger partial charge in [0, 0.05) is 12.6 Å². The molecule has 1 unspecified atom stereocenters. The molecule has 0 aliphatic carbocycles. The predicted octanol–water partition coefficient (Wildman–Crippen LogP) is 2.92. The minimum atomic E-state index is -1.18. The topological polar surface area (TPSA) is 93.5 Å². The van der Waals surface area contributed by atoms with Gasteiger partial charge in [-0.25, -0.2) is 4.79 Å². The highest BCUT2D eigenvalue weighted by molar-refractivity contribution is 5.90. The molecule has 0 aliphatic rings. The highest BCUT2D eigenvalue weighted by Crippen LogP contribution is 2.23. The number of hydrogen-bond donors (Lipinski definition) is 2. The monoisotopic (exact) mass is 359 g/mol. The summed E-state index contributed by atoms with van der Waals surface area (Å²) < 4.78 is 6.66. The summed E-state index contributed by atoms with van der Waals surface area (Å²) in [6.45, 7) is 5.09. The van der Waals surface area contributed by atoms with E-state index in [9.17, 15) is 14.7 Å². The number of aromatic nitrogens is 2. The Morgan fingerprint density at radius 1 is 1.35 bits per heavy atom. The molecule has 0 aliphatic heterocycles. The SMILES string of the molecule is COc1ccccc1CC(C)CC(=O)Nc1cnn(C(C)(C)C(=O)O)c1. The molecule has 0 saturated heterocycles. The van der Waals surface area contributed by atoms with E-state index in [-0.39, 0.29) is 11.8 Å². The van der Waals surface area contributed by atoms with E-state index in [1.54, 1.807) is 21.0 Å². The lowest BCUT2D eigenvalue weighted by atomic mass is 9.97. The van der Waals surface area contributed by atoms with Gasteiger partial charge in [0.05, 0.1) is 19.0 Å². The first kappa shape index (κ1) is 19.5. The third-order valence-electron chi connectivity index (χ3n) is 4.26. The van der Waals surface area contributed by atoms with Crippen LogP contribution in [-0.2, 0) is 21.5 Å². The van der Waals surface area contributed by atoms with E-state index >= 15 is 0 Å². The molecule has 0 saturated carbocycles. The molecule has 1 aromatic carbocycles. The van der Waals surface area contributed by atoms with Gasteiger partial charge in [-0.15, -0.1) is 0 Å². The van der Waals surface area contributed by atoms with Gasteiger partial charge in [0.2, 0.25) is 5.91 Å². The number of methoxy groups -OCH3 is 1. The van der Waals surface area contributed by atoms with Crippen LogP contribution in [0.1, 0.15) is 32.8 Å². The molecule has 1 heterocycles. The molecule has 0 radical (unpaired) electrons. The van der Waals surface area contributed by atoms with Crippen molar-refractivity contribution in [1.82, 2.24) is 9.78 Å². The molecule has 2 N–H and O–H groups in total. The summed E-state index contributed by atoms with van der Waals surface area (Å²) in [6, 6.07) is 7.76. The lowest BCUT2D eigenvalue weighted by Gasteiger charge is -2.19. The molecule has 1 atom stereocenters. The van der Waals surface area contributed by atoms with Crippen LogP contribution in [0.15, 0.2) is 36.7 Å². The van der Waals surface area contributed by atoms with E-state index in [0.29, 0.717) is 12.1 Å². The van der Waals surface area contributed by atoms with Crippen molar-refractivity contribution in [1.29, 1.82) is 0 Å². The first-order chi connectivity index (χ1) is 12.2. The number of carboxylic acid groups (broad SMARTS) is 1. The summed E-state index contributed by atoms with van der Waals surface area (Å²) >= 11 is 0. The molecule has 7 nitrogen and oxygen atoms in total. The summed E-state index contributed by atoms with van der Waals surface area (Å²) in [5.41, 5.74) is 0.361. The summed E-state index contributed by atoms with van der Waals surface area (Å²) in [7, 11) is 1.63. The molecule has 140 valence electrons. The second kappa shape index (κ2) is 8.03. The summed E-state index contributed by atoms with van der Waals surface area (Å²) in [5, 5.41) is 16.0. The molecule has 7 heteroatoms. The molecular weight excluding hydrogens is 334 g/mol. The number of aliphatic carboxylic acids is 1. The van der Waals surface area contributed by atoms with Gasteiger partial charge in [0.25, 0.3) is 0 Å². The van der Waals surface area contributed by atoms with E-state index in [2.05, 4.69) is 10.4 Å². The number of carbonyl (C=O) groups excluding carboxylic acids is 1. The van der Waals surface area contributed by atoms with E-state index in [4.69, 9.17) is 4.74 Å². The Kier molecular flexibility index (Phi) is 6.02. The number of anilines is 1. The van der Waals surface area contributed by atoms with E-state index < -0.39 is 11.5 Å². The number of hydrogen-bond acceptors (Lipinski definition) is 4. The Balaban J connectivity index is 1.94. The van der Waals surface area contributed by atoms with Crippen molar-refractivity contribution >= 4 is 17.6 Å². The van der Waals surface area contributed by atoms with E-state index in [1.807, 2.05) is 31.2 Å². The van der Waals surface area contributed by atoms with Gasteiger partial charge in [0.1, 0.15) is 5.75 Å². The molecule has 2 rings (SSSR count). The minimum absolute atomic E-state index is 0.122. The molecule has 1 amide bonds. The van der Waals surface area contributed by atoms with Crippen LogP contribution in [0.5, 0.6) is 5.75 Å². The largest absolute Gasteiger partial charge is 0.496 e. The fourth-order valence-corrected chi connectivity index (χ4v) is 2.64. The van der Waals surface area contributed by atoms with Gasteiger partial charge >= 0.3 is 5.97 Å². The third kappa shape index (κ3) is 4.62. The van der Waals surface area contributed by atoms with E-state index in [0.717, 1.165) is 17.7 Å². The maximum absolute atomic E-state index is 12.3. The van der Waals surface area contributed by atoms with Crippen molar-refractivity contribution in [2.24, 2.45) is 5.92 Å². The number of para-hydroxylation sites is 1. The van der Waals surface area contributed by atoms with Gasteiger partial charge in [-0.1, -0.05) is 25.1 Å². The fourth-order valence-electron chi connectivity index (χ4n) is 2.64. The fraction of sp³-hybridized carbons (Fsp3) is 0.421. The van der Waals surface area contributed by atoms with Crippen LogP contribution in [-0.4, -0.2) is 33.9 Å². The maximum atomic E-state index is 12.3. The second-order valence-electron chi connectivity index (χ2n) is 6.91. The Morgan fingerprint density at radius 2 is 2.04 bits per heavy atom. The van der Waals surface area contributed by atoms with Crippen LogP contribution in [0.4, 0.5) is 5.69 Å². The lowest BCUT2D eigenvalue weighted by Crippen LogP contribution is -2.35. The Morgan fingerprint density at radius 3 is 2.69 bits per heavy atom. The van der Waals surface area contributed by atoms with Crippen LogP contribution >= 0.6 is 0 Å². The highest BCUT2D eigenvalue weighted by Gasteiger charge is 2.30. The smallest absolute Gasteiger partial charge is 0.331 e. The summed E-state index contributed by atoms with van der Waals surface area (Å²) in [5.74, 6) is -0.197. The molecular formula is C19H25N3O4. The van der Waals surface area contributed by atoms with Gasteiger partial charge < -0.3 is 15.2 Å². The van der Waals surface area contributed by atoms with Crippen LogP contribution in [0.2, 0.25) is 0 Å². The van der Waals surface area contributed by atoms with Crippen LogP contribution in [0.3, 0.4) is 0 Å². The molecule has 1 aromatic heterocycles. The van der Waals surface area contributed by atoms with Gasteiger partial charge in [-0.05, 0) is 37.8 Å². The zero-order valence-corrected chi connectivity index (χ0v) is 15.5. The summed E-state index contributed by atoms with van der Waals surface area (Å²) in [4.78, 5) is 23.5. The Hall–Kier alpha value is -2.83. The maximum Gasteiger partial charge on any atom is 0.331 e. The van der Waals surface area contributed by atoms with Crippen molar-refractivity contribution in [2.75, 3.05) is 12.4 Å². The van der Waals surface area contributed by atoms with Gasteiger partial charge in [-0.2, -0.15) is 5.10 Å². The van der Waals surface area contributed by atoms with Crippen LogP contribution in [0, 0.1) is 5.92 Å². The van der Waals surface area contributed by atoms with Crippen molar-refractivity contribution < 1.29 is 19.4 Å².